The summed E-state index contributed by atoms with van der Waals surface area (Å²) in [4.78, 5) is 4.90. The van der Waals surface area contributed by atoms with E-state index < -0.39 is 0 Å². The Morgan fingerprint density at radius 3 is 1.85 bits per heavy atom. The molecule has 4 rings (SSSR count). The molecule has 1 saturated heterocycles. The molecule has 1 aliphatic heterocycles. The summed E-state index contributed by atoms with van der Waals surface area (Å²) < 4.78 is 27.1. The van der Waals surface area contributed by atoms with Gasteiger partial charge in [-0.15, -0.1) is 24.8 Å². The summed E-state index contributed by atoms with van der Waals surface area (Å²) in [6.07, 6.45) is 5.45. The van der Waals surface area contributed by atoms with Gasteiger partial charge >= 0.3 is 0 Å². The minimum atomic E-state index is -0.242. The van der Waals surface area contributed by atoms with Crippen LogP contribution >= 0.6 is 24.8 Å². The monoisotopic (exact) mass is 490 g/mol. The summed E-state index contributed by atoms with van der Waals surface area (Å²) in [6, 6.07) is 23.7. The zero-order valence-electron chi connectivity index (χ0n) is 18.4. The normalized spacial score (nSPS) is 15.1. The molecule has 1 heterocycles. The van der Waals surface area contributed by atoms with Gasteiger partial charge in [0.05, 0.1) is 6.04 Å². The number of hydrogen-bond donors (Lipinski definition) is 0. The first-order valence-corrected chi connectivity index (χ1v) is 10.9. The summed E-state index contributed by atoms with van der Waals surface area (Å²) in [5.74, 6) is -0.484. The van der Waals surface area contributed by atoms with Crippen LogP contribution in [0.2, 0.25) is 0 Å². The lowest BCUT2D eigenvalue weighted by molar-refractivity contribution is 0.228. The van der Waals surface area contributed by atoms with E-state index in [0.717, 1.165) is 50.3 Å². The average Bonchev–Trinajstić information content (AvgIpc) is 3.03. The van der Waals surface area contributed by atoms with E-state index >= 15 is 0 Å². The predicted molar refractivity (Wildman–Crippen MR) is 137 cm³/mol. The van der Waals surface area contributed by atoms with Crippen molar-refractivity contribution in [3.63, 3.8) is 0 Å². The van der Waals surface area contributed by atoms with E-state index in [1.54, 1.807) is 0 Å². The fraction of sp³-hybridized carbons (Fsp3) is 0.259. The molecule has 3 aromatic rings. The Bertz CT molecular complexity index is 934. The molecule has 0 unspecified atom stereocenters. The summed E-state index contributed by atoms with van der Waals surface area (Å²) in [6.45, 7) is 4.75. The molecule has 0 bridgehead atoms. The smallest absolute Gasteiger partial charge is 0.123 e. The van der Waals surface area contributed by atoms with Crippen molar-refractivity contribution in [3.05, 3.63) is 113 Å². The highest BCUT2D eigenvalue weighted by atomic mass is 35.5. The van der Waals surface area contributed by atoms with E-state index in [0.29, 0.717) is 0 Å². The van der Waals surface area contributed by atoms with Crippen LogP contribution in [-0.2, 0) is 0 Å². The lowest BCUT2D eigenvalue weighted by Gasteiger charge is -2.31. The third-order valence-corrected chi connectivity index (χ3v) is 5.83. The molecule has 0 N–H and O–H groups in total. The molecular formula is C27H30Cl2F2N2. The van der Waals surface area contributed by atoms with Crippen molar-refractivity contribution in [1.29, 1.82) is 0 Å². The number of rotatable bonds is 6. The van der Waals surface area contributed by atoms with Crippen molar-refractivity contribution < 1.29 is 8.78 Å². The van der Waals surface area contributed by atoms with Crippen molar-refractivity contribution in [2.24, 2.45) is 0 Å². The maximum Gasteiger partial charge on any atom is 0.123 e. The molecule has 0 saturated carbocycles. The van der Waals surface area contributed by atoms with Crippen molar-refractivity contribution in [3.8, 4) is 0 Å². The van der Waals surface area contributed by atoms with Gasteiger partial charge in [-0.2, -0.15) is 0 Å². The van der Waals surface area contributed by atoms with Crippen LogP contribution in [0.25, 0.3) is 6.08 Å². The molecular weight excluding hydrogens is 461 g/mol. The predicted octanol–water partition coefficient (Wildman–Crippen LogP) is 6.62. The number of hydrogen-bond acceptors (Lipinski definition) is 2. The minimum absolute atomic E-state index is 0. The van der Waals surface area contributed by atoms with Gasteiger partial charge in [0.15, 0.2) is 0 Å². The van der Waals surface area contributed by atoms with E-state index in [2.05, 4.69) is 46.2 Å². The van der Waals surface area contributed by atoms with Gasteiger partial charge in [-0.25, -0.2) is 8.78 Å². The van der Waals surface area contributed by atoms with Crippen LogP contribution in [0.5, 0.6) is 0 Å². The van der Waals surface area contributed by atoms with E-state index in [9.17, 15) is 8.78 Å². The van der Waals surface area contributed by atoms with Gasteiger partial charge in [0.25, 0.3) is 0 Å². The first-order valence-electron chi connectivity index (χ1n) is 10.9. The van der Waals surface area contributed by atoms with Gasteiger partial charge < -0.3 is 0 Å². The Kier molecular flexibility index (Phi) is 11.0. The van der Waals surface area contributed by atoms with Crippen LogP contribution in [0.15, 0.2) is 84.9 Å². The number of halogens is 4. The van der Waals surface area contributed by atoms with Crippen molar-refractivity contribution in [2.75, 3.05) is 32.7 Å². The number of nitrogens with zero attached hydrogens (tertiary/aromatic N) is 2. The van der Waals surface area contributed by atoms with Gasteiger partial charge in [-0.05, 0) is 53.9 Å². The standard InChI is InChI=1S/C27H28F2N2.2ClH/c28-25-13-9-23(10-14-25)27(24-11-15-26(29)16-12-24)31-19-5-18-30(20-21-31)17-4-8-22-6-2-1-3-7-22;;/h1-4,6-16,27H,5,17-21H2;2*1H. The maximum atomic E-state index is 13.5. The first-order chi connectivity index (χ1) is 15.2. The summed E-state index contributed by atoms with van der Waals surface area (Å²) in [7, 11) is 0. The Balaban J connectivity index is 0.00000193. The maximum absolute atomic E-state index is 13.5. The number of benzene rings is 3. The Hall–Kier alpha value is -2.24. The Morgan fingerprint density at radius 2 is 1.27 bits per heavy atom. The van der Waals surface area contributed by atoms with E-state index in [4.69, 9.17) is 0 Å². The molecule has 1 fully saturated rings. The van der Waals surface area contributed by atoms with Crippen LogP contribution in [0.3, 0.4) is 0 Å². The SMILES string of the molecule is Cl.Cl.Fc1ccc(C(c2ccc(F)cc2)N2CCCN(CC=Cc3ccccc3)CC2)cc1. The first kappa shape index (κ1) is 27.0. The molecule has 2 nitrogen and oxygen atoms in total. The van der Waals surface area contributed by atoms with Gasteiger partial charge in [-0.1, -0.05) is 66.7 Å². The third kappa shape index (κ3) is 7.65. The van der Waals surface area contributed by atoms with E-state index in [-0.39, 0.29) is 42.5 Å². The lowest BCUT2D eigenvalue weighted by atomic mass is 9.96. The highest BCUT2D eigenvalue weighted by Gasteiger charge is 2.25. The molecule has 0 amide bonds. The van der Waals surface area contributed by atoms with Gasteiger partial charge in [0.1, 0.15) is 11.6 Å². The molecule has 0 aliphatic carbocycles. The van der Waals surface area contributed by atoms with Gasteiger partial charge in [0, 0.05) is 26.2 Å². The second kappa shape index (κ2) is 13.5. The molecule has 0 radical (unpaired) electrons. The highest BCUT2D eigenvalue weighted by Crippen LogP contribution is 2.30. The quantitative estimate of drug-likeness (QED) is 0.383. The second-order valence-corrected chi connectivity index (χ2v) is 8.01. The fourth-order valence-corrected chi connectivity index (χ4v) is 4.24. The summed E-state index contributed by atoms with van der Waals surface area (Å²) >= 11 is 0. The molecule has 0 spiro atoms. The zero-order valence-corrected chi connectivity index (χ0v) is 20.1. The topological polar surface area (TPSA) is 6.48 Å². The van der Waals surface area contributed by atoms with Crippen LogP contribution in [0.4, 0.5) is 8.78 Å². The molecule has 0 atom stereocenters. The highest BCUT2D eigenvalue weighted by molar-refractivity contribution is 5.85. The van der Waals surface area contributed by atoms with Crippen molar-refractivity contribution in [2.45, 2.75) is 12.5 Å². The Labute approximate surface area is 207 Å². The van der Waals surface area contributed by atoms with Crippen LogP contribution in [0.1, 0.15) is 29.2 Å². The summed E-state index contributed by atoms with van der Waals surface area (Å²) in [5, 5.41) is 0. The largest absolute Gasteiger partial charge is 0.298 e. The molecule has 176 valence electrons. The van der Waals surface area contributed by atoms with Crippen molar-refractivity contribution in [1.82, 2.24) is 9.80 Å². The van der Waals surface area contributed by atoms with Crippen LogP contribution in [-0.4, -0.2) is 42.5 Å². The van der Waals surface area contributed by atoms with Gasteiger partial charge in [-0.3, -0.25) is 9.80 Å². The summed E-state index contributed by atoms with van der Waals surface area (Å²) in [5.41, 5.74) is 3.28. The fourth-order valence-electron chi connectivity index (χ4n) is 4.24. The minimum Gasteiger partial charge on any atom is -0.298 e. The third-order valence-electron chi connectivity index (χ3n) is 5.83. The molecule has 33 heavy (non-hydrogen) atoms. The van der Waals surface area contributed by atoms with Crippen LogP contribution < -0.4 is 0 Å². The average molecular weight is 491 g/mol. The molecule has 0 aromatic heterocycles. The van der Waals surface area contributed by atoms with Crippen molar-refractivity contribution >= 4 is 30.9 Å². The lowest BCUT2D eigenvalue weighted by Crippen LogP contribution is -2.34. The van der Waals surface area contributed by atoms with Crippen LogP contribution in [0, 0.1) is 11.6 Å². The molecule has 1 aliphatic rings. The molecule has 3 aromatic carbocycles. The van der Waals surface area contributed by atoms with Gasteiger partial charge in [0.2, 0.25) is 0 Å². The second-order valence-electron chi connectivity index (χ2n) is 8.01. The zero-order chi connectivity index (χ0) is 21.5. The van der Waals surface area contributed by atoms with E-state index in [1.165, 1.54) is 29.8 Å². The van der Waals surface area contributed by atoms with E-state index in [1.807, 2.05) is 30.3 Å². The molecule has 6 heteroatoms. The Morgan fingerprint density at radius 1 is 0.697 bits per heavy atom.